The van der Waals surface area contributed by atoms with Gasteiger partial charge in [-0.2, -0.15) is 0 Å². The number of nitrogens with one attached hydrogen (secondary N) is 1. The Labute approximate surface area is 119 Å². The molecule has 1 aromatic rings. The zero-order valence-electron chi connectivity index (χ0n) is 9.94. The minimum absolute atomic E-state index is 0.0427. The minimum Gasteiger partial charge on any atom is -0.398 e. The largest absolute Gasteiger partial charge is 0.398 e. The van der Waals surface area contributed by atoms with Gasteiger partial charge in [0, 0.05) is 6.54 Å². The standard InChI is InChI=1S/C11H14BrFN2O3S/c12-8-3-11(10(14)4-9(8)13)19(17,18)15-5-6-1-7(16)2-6/h3-4,6-7,15-16H,1-2,5,14H2. The smallest absolute Gasteiger partial charge is 0.242 e. The molecule has 0 spiro atoms. The molecule has 4 N–H and O–H groups in total. The number of benzene rings is 1. The molecule has 5 nitrogen and oxygen atoms in total. The molecule has 0 atom stereocenters. The fraction of sp³-hybridized carbons (Fsp3) is 0.455. The summed E-state index contributed by atoms with van der Waals surface area (Å²) in [6, 6.07) is 2.11. The summed E-state index contributed by atoms with van der Waals surface area (Å²) in [4.78, 5) is -0.152. The Morgan fingerprint density at radius 1 is 1.47 bits per heavy atom. The zero-order chi connectivity index (χ0) is 14.2. The first kappa shape index (κ1) is 14.7. The van der Waals surface area contributed by atoms with Crippen LogP contribution in [0.1, 0.15) is 12.8 Å². The summed E-state index contributed by atoms with van der Waals surface area (Å²) >= 11 is 2.93. The molecule has 1 fully saturated rings. The molecular formula is C11H14BrFN2O3S. The zero-order valence-corrected chi connectivity index (χ0v) is 12.3. The predicted octanol–water partition coefficient (Wildman–Crippen LogP) is 1.22. The van der Waals surface area contributed by atoms with E-state index in [-0.39, 0.29) is 33.6 Å². The lowest BCUT2D eigenvalue weighted by molar-refractivity contribution is 0.0453. The van der Waals surface area contributed by atoms with Crippen molar-refractivity contribution in [3.8, 4) is 0 Å². The molecule has 0 amide bonds. The molecule has 2 rings (SSSR count). The quantitative estimate of drug-likeness (QED) is 0.710. The van der Waals surface area contributed by atoms with Crippen molar-refractivity contribution in [1.82, 2.24) is 4.72 Å². The highest BCUT2D eigenvalue weighted by Crippen LogP contribution is 2.28. The molecule has 0 radical (unpaired) electrons. The number of nitrogen functional groups attached to an aromatic ring is 1. The van der Waals surface area contributed by atoms with E-state index >= 15 is 0 Å². The van der Waals surface area contributed by atoms with Crippen molar-refractivity contribution in [1.29, 1.82) is 0 Å². The number of halogens is 2. The van der Waals surface area contributed by atoms with E-state index in [0.29, 0.717) is 12.8 Å². The Hall–Kier alpha value is -0.700. The number of anilines is 1. The minimum atomic E-state index is -3.77. The van der Waals surface area contributed by atoms with Crippen molar-refractivity contribution in [2.24, 2.45) is 5.92 Å². The van der Waals surface area contributed by atoms with Gasteiger partial charge in [0.1, 0.15) is 10.7 Å². The van der Waals surface area contributed by atoms with Crippen LogP contribution in [0.5, 0.6) is 0 Å². The third-order valence-corrected chi connectivity index (χ3v) is 5.20. The van der Waals surface area contributed by atoms with Gasteiger partial charge in [-0.15, -0.1) is 0 Å². The summed E-state index contributed by atoms with van der Waals surface area (Å²) in [5, 5.41) is 9.13. The molecule has 1 saturated carbocycles. The van der Waals surface area contributed by atoms with Gasteiger partial charge in [-0.3, -0.25) is 0 Å². The van der Waals surface area contributed by atoms with Gasteiger partial charge in [-0.25, -0.2) is 17.5 Å². The Bertz CT molecular complexity index is 588. The molecule has 19 heavy (non-hydrogen) atoms. The maximum Gasteiger partial charge on any atom is 0.242 e. The Balaban J connectivity index is 2.13. The first-order valence-corrected chi connectivity index (χ1v) is 7.99. The van der Waals surface area contributed by atoms with E-state index in [1.54, 1.807) is 0 Å². The third-order valence-electron chi connectivity index (χ3n) is 3.12. The lowest BCUT2D eigenvalue weighted by atomic mass is 9.83. The Kier molecular flexibility index (Phi) is 4.14. The van der Waals surface area contributed by atoms with Crippen LogP contribution in [0.15, 0.2) is 21.5 Å². The second-order valence-corrected chi connectivity index (χ2v) is 7.24. The number of rotatable bonds is 4. The van der Waals surface area contributed by atoms with E-state index in [1.807, 2.05) is 0 Å². The molecule has 8 heteroatoms. The van der Waals surface area contributed by atoms with E-state index in [4.69, 9.17) is 10.8 Å². The highest BCUT2D eigenvalue weighted by Gasteiger charge is 2.29. The fourth-order valence-corrected chi connectivity index (χ4v) is 3.70. The van der Waals surface area contributed by atoms with E-state index in [0.717, 1.165) is 12.1 Å². The Morgan fingerprint density at radius 3 is 2.68 bits per heavy atom. The van der Waals surface area contributed by atoms with Crippen LogP contribution in [0.4, 0.5) is 10.1 Å². The molecule has 106 valence electrons. The van der Waals surface area contributed by atoms with Crippen molar-refractivity contribution < 1.29 is 17.9 Å². The van der Waals surface area contributed by atoms with Crippen LogP contribution in [0, 0.1) is 11.7 Å². The molecule has 0 saturated heterocycles. The van der Waals surface area contributed by atoms with Crippen LogP contribution in [0.25, 0.3) is 0 Å². The van der Waals surface area contributed by atoms with Gasteiger partial charge in [0.2, 0.25) is 10.0 Å². The van der Waals surface area contributed by atoms with Gasteiger partial charge < -0.3 is 10.8 Å². The second-order valence-electron chi connectivity index (χ2n) is 4.65. The summed E-state index contributed by atoms with van der Waals surface area (Å²) in [6.07, 6.45) is 0.843. The van der Waals surface area contributed by atoms with Crippen LogP contribution in [-0.4, -0.2) is 26.2 Å². The topological polar surface area (TPSA) is 92.4 Å². The number of aliphatic hydroxyl groups excluding tert-OH is 1. The van der Waals surface area contributed by atoms with Gasteiger partial charge in [-0.05, 0) is 46.8 Å². The Morgan fingerprint density at radius 2 is 2.11 bits per heavy atom. The highest BCUT2D eigenvalue weighted by atomic mass is 79.9. The maximum absolute atomic E-state index is 13.2. The van der Waals surface area contributed by atoms with Crippen molar-refractivity contribution in [3.05, 3.63) is 22.4 Å². The molecule has 0 aliphatic heterocycles. The highest BCUT2D eigenvalue weighted by molar-refractivity contribution is 9.10. The first-order chi connectivity index (χ1) is 8.79. The van der Waals surface area contributed by atoms with Gasteiger partial charge in [0.15, 0.2) is 0 Å². The summed E-state index contributed by atoms with van der Waals surface area (Å²) in [5.74, 6) is -0.478. The summed E-state index contributed by atoms with van der Waals surface area (Å²) < 4.78 is 39.8. The van der Waals surface area contributed by atoms with Crippen LogP contribution < -0.4 is 10.5 Å². The van der Waals surface area contributed by atoms with Crippen LogP contribution >= 0.6 is 15.9 Å². The summed E-state index contributed by atoms with van der Waals surface area (Å²) in [6.45, 7) is 0.244. The van der Waals surface area contributed by atoms with Crippen molar-refractivity contribution in [2.75, 3.05) is 12.3 Å². The van der Waals surface area contributed by atoms with Crippen LogP contribution in [-0.2, 0) is 10.0 Å². The first-order valence-electron chi connectivity index (χ1n) is 5.72. The summed E-state index contributed by atoms with van der Waals surface area (Å²) in [7, 11) is -3.77. The number of nitrogens with two attached hydrogens (primary N) is 1. The fourth-order valence-electron chi connectivity index (χ4n) is 1.95. The van der Waals surface area contributed by atoms with Gasteiger partial charge in [0.05, 0.1) is 16.3 Å². The molecule has 0 aromatic heterocycles. The molecule has 1 aliphatic rings. The number of aliphatic hydroxyl groups is 1. The lowest BCUT2D eigenvalue weighted by Gasteiger charge is -2.31. The van der Waals surface area contributed by atoms with Gasteiger partial charge in [0.25, 0.3) is 0 Å². The van der Waals surface area contributed by atoms with E-state index < -0.39 is 15.8 Å². The van der Waals surface area contributed by atoms with E-state index in [2.05, 4.69) is 20.7 Å². The maximum atomic E-state index is 13.2. The average Bonchev–Trinajstić information content (AvgIpc) is 2.27. The lowest BCUT2D eigenvalue weighted by Crippen LogP contribution is -2.38. The van der Waals surface area contributed by atoms with Gasteiger partial charge >= 0.3 is 0 Å². The molecule has 1 aromatic carbocycles. The van der Waals surface area contributed by atoms with Crippen molar-refractivity contribution >= 4 is 31.6 Å². The molecule has 0 unspecified atom stereocenters. The molecular weight excluding hydrogens is 339 g/mol. The second kappa shape index (κ2) is 5.35. The summed E-state index contributed by atoms with van der Waals surface area (Å²) in [5.41, 5.74) is 5.39. The molecule has 1 aliphatic carbocycles. The third kappa shape index (κ3) is 3.25. The predicted molar refractivity (Wildman–Crippen MR) is 72.4 cm³/mol. The van der Waals surface area contributed by atoms with Crippen LogP contribution in [0.2, 0.25) is 0 Å². The van der Waals surface area contributed by atoms with Gasteiger partial charge in [-0.1, -0.05) is 0 Å². The molecule has 0 heterocycles. The number of hydrogen-bond acceptors (Lipinski definition) is 4. The SMILES string of the molecule is Nc1cc(F)c(Br)cc1S(=O)(=O)NCC1CC(O)C1. The van der Waals surface area contributed by atoms with Crippen molar-refractivity contribution in [2.45, 2.75) is 23.8 Å². The number of sulfonamides is 1. The normalized spacial score (nSPS) is 23.1. The molecule has 0 bridgehead atoms. The average molecular weight is 353 g/mol. The van der Waals surface area contributed by atoms with E-state index in [1.165, 1.54) is 0 Å². The van der Waals surface area contributed by atoms with Crippen molar-refractivity contribution in [3.63, 3.8) is 0 Å². The number of hydrogen-bond donors (Lipinski definition) is 3. The monoisotopic (exact) mass is 352 g/mol. The van der Waals surface area contributed by atoms with E-state index in [9.17, 15) is 12.8 Å². The van der Waals surface area contributed by atoms with Crippen LogP contribution in [0.3, 0.4) is 0 Å².